The Bertz CT molecular complexity index is 314. The van der Waals surface area contributed by atoms with Crippen molar-refractivity contribution in [3.8, 4) is 5.75 Å². The lowest BCUT2D eigenvalue weighted by Crippen LogP contribution is -2.10. The molecule has 0 aliphatic heterocycles. The number of hydrogen-bond acceptors (Lipinski definition) is 2. The van der Waals surface area contributed by atoms with Crippen molar-refractivity contribution in [2.24, 2.45) is 5.73 Å². The lowest BCUT2D eigenvalue weighted by Gasteiger charge is -2.14. The molecule has 0 unspecified atom stereocenters. The molecule has 15 heavy (non-hydrogen) atoms. The molecule has 1 rings (SSSR count). The van der Waals surface area contributed by atoms with E-state index in [1.54, 1.807) is 7.11 Å². The van der Waals surface area contributed by atoms with Gasteiger partial charge in [-0.15, -0.1) is 0 Å². The van der Waals surface area contributed by atoms with Crippen molar-refractivity contribution in [1.82, 2.24) is 0 Å². The summed E-state index contributed by atoms with van der Waals surface area (Å²) >= 11 is 3.52. The highest BCUT2D eigenvalue weighted by atomic mass is 79.9. The third kappa shape index (κ3) is 3.50. The molecular weight excluding hydrogens is 254 g/mol. The Morgan fingerprint density at radius 1 is 1.47 bits per heavy atom. The van der Waals surface area contributed by atoms with E-state index in [1.807, 2.05) is 18.2 Å². The predicted octanol–water partition coefficient (Wildman–Crippen LogP) is 3.65. The van der Waals surface area contributed by atoms with E-state index in [0.717, 1.165) is 28.6 Å². The number of methoxy groups -OCH3 is 1. The Hall–Kier alpha value is -0.540. The predicted molar refractivity (Wildman–Crippen MR) is 67.1 cm³/mol. The van der Waals surface area contributed by atoms with Crippen LogP contribution in [0.25, 0.3) is 0 Å². The molecule has 1 aromatic carbocycles. The first-order valence-electron chi connectivity index (χ1n) is 5.28. The summed E-state index contributed by atoms with van der Waals surface area (Å²) in [6.45, 7) is 2.17. The van der Waals surface area contributed by atoms with Crippen LogP contribution in [0.4, 0.5) is 0 Å². The third-order valence-corrected chi connectivity index (χ3v) is 3.19. The zero-order valence-electron chi connectivity index (χ0n) is 9.29. The number of nitrogens with two attached hydrogens (primary N) is 1. The average Bonchev–Trinajstić information content (AvgIpc) is 2.26. The summed E-state index contributed by atoms with van der Waals surface area (Å²) in [6, 6.07) is 6.01. The van der Waals surface area contributed by atoms with Crippen LogP contribution in [0.5, 0.6) is 5.75 Å². The fourth-order valence-corrected chi connectivity index (χ4v) is 2.05. The molecule has 0 fully saturated rings. The lowest BCUT2D eigenvalue weighted by atomic mass is 10.0. The molecular formula is C12H18BrNO. The maximum Gasteiger partial charge on any atom is 0.119 e. The van der Waals surface area contributed by atoms with Crippen LogP contribution < -0.4 is 10.5 Å². The Morgan fingerprint density at radius 2 is 2.20 bits per heavy atom. The van der Waals surface area contributed by atoms with Gasteiger partial charge in [0, 0.05) is 10.5 Å². The fraction of sp³-hybridized carbons (Fsp3) is 0.500. The molecule has 0 bridgehead atoms. The van der Waals surface area contributed by atoms with Crippen LogP contribution in [0.2, 0.25) is 0 Å². The summed E-state index contributed by atoms with van der Waals surface area (Å²) in [4.78, 5) is 0. The van der Waals surface area contributed by atoms with Crippen LogP contribution in [-0.4, -0.2) is 7.11 Å². The maximum absolute atomic E-state index is 6.12. The third-order valence-electron chi connectivity index (χ3n) is 2.47. The number of ether oxygens (including phenoxy) is 1. The van der Waals surface area contributed by atoms with Crippen molar-refractivity contribution in [3.63, 3.8) is 0 Å². The molecule has 0 spiro atoms. The van der Waals surface area contributed by atoms with Gasteiger partial charge in [-0.25, -0.2) is 0 Å². The highest BCUT2D eigenvalue weighted by molar-refractivity contribution is 9.10. The van der Waals surface area contributed by atoms with E-state index in [2.05, 4.69) is 22.9 Å². The van der Waals surface area contributed by atoms with Gasteiger partial charge < -0.3 is 10.5 Å². The van der Waals surface area contributed by atoms with Gasteiger partial charge in [-0.05, 0) is 30.2 Å². The summed E-state index contributed by atoms with van der Waals surface area (Å²) in [7, 11) is 1.67. The topological polar surface area (TPSA) is 35.2 Å². The highest BCUT2D eigenvalue weighted by Crippen LogP contribution is 2.28. The molecule has 0 aliphatic carbocycles. The van der Waals surface area contributed by atoms with Gasteiger partial charge in [-0.1, -0.05) is 35.7 Å². The van der Waals surface area contributed by atoms with Crippen LogP contribution in [0.15, 0.2) is 22.7 Å². The number of benzene rings is 1. The van der Waals surface area contributed by atoms with E-state index < -0.39 is 0 Å². The van der Waals surface area contributed by atoms with Gasteiger partial charge >= 0.3 is 0 Å². The van der Waals surface area contributed by atoms with E-state index in [-0.39, 0.29) is 6.04 Å². The normalized spacial score (nSPS) is 12.5. The molecule has 1 aromatic rings. The minimum atomic E-state index is 0.0921. The standard InChI is InChI=1S/C12H18BrNO/c1-3-4-5-12(14)10-8-9(15-2)6-7-11(10)13/h6-8,12H,3-5,14H2,1-2H3/t12-/m0/s1. The zero-order valence-corrected chi connectivity index (χ0v) is 10.9. The van der Waals surface area contributed by atoms with Crippen molar-refractivity contribution < 1.29 is 4.74 Å². The van der Waals surface area contributed by atoms with E-state index >= 15 is 0 Å². The Kier molecular flexibility index (Phi) is 5.12. The van der Waals surface area contributed by atoms with Gasteiger partial charge in [0.2, 0.25) is 0 Å². The van der Waals surface area contributed by atoms with Gasteiger partial charge in [0.15, 0.2) is 0 Å². The molecule has 0 saturated carbocycles. The van der Waals surface area contributed by atoms with Crippen molar-refractivity contribution in [1.29, 1.82) is 0 Å². The second-order valence-electron chi connectivity index (χ2n) is 3.64. The fourth-order valence-electron chi connectivity index (χ4n) is 1.51. The monoisotopic (exact) mass is 271 g/mol. The molecule has 84 valence electrons. The van der Waals surface area contributed by atoms with Gasteiger partial charge in [0.25, 0.3) is 0 Å². The maximum atomic E-state index is 6.12. The summed E-state index contributed by atoms with van der Waals surface area (Å²) < 4.78 is 6.25. The highest BCUT2D eigenvalue weighted by Gasteiger charge is 2.10. The Labute approximate surface area is 99.9 Å². The number of hydrogen-bond donors (Lipinski definition) is 1. The van der Waals surface area contributed by atoms with Crippen LogP contribution in [0, 0.1) is 0 Å². The molecule has 2 nitrogen and oxygen atoms in total. The van der Waals surface area contributed by atoms with Gasteiger partial charge in [-0.2, -0.15) is 0 Å². The summed E-state index contributed by atoms with van der Waals surface area (Å²) in [5, 5.41) is 0. The van der Waals surface area contributed by atoms with E-state index in [9.17, 15) is 0 Å². The Morgan fingerprint density at radius 3 is 2.80 bits per heavy atom. The number of unbranched alkanes of at least 4 members (excludes halogenated alkanes) is 1. The van der Waals surface area contributed by atoms with Crippen molar-refractivity contribution in [3.05, 3.63) is 28.2 Å². The van der Waals surface area contributed by atoms with E-state index in [0.29, 0.717) is 0 Å². The van der Waals surface area contributed by atoms with Gasteiger partial charge in [0.05, 0.1) is 7.11 Å². The SMILES string of the molecule is CCCC[C@H](N)c1cc(OC)ccc1Br. The minimum Gasteiger partial charge on any atom is -0.497 e. The number of rotatable bonds is 5. The summed E-state index contributed by atoms with van der Waals surface area (Å²) in [6.07, 6.45) is 3.35. The quantitative estimate of drug-likeness (QED) is 0.888. The lowest BCUT2D eigenvalue weighted by molar-refractivity contribution is 0.413. The first-order valence-corrected chi connectivity index (χ1v) is 6.07. The largest absolute Gasteiger partial charge is 0.497 e. The van der Waals surface area contributed by atoms with Crippen molar-refractivity contribution in [2.45, 2.75) is 32.2 Å². The molecule has 0 radical (unpaired) electrons. The zero-order chi connectivity index (χ0) is 11.3. The molecule has 1 atom stereocenters. The molecule has 0 aliphatic rings. The smallest absolute Gasteiger partial charge is 0.119 e. The molecule has 0 heterocycles. The number of halogens is 1. The second-order valence-corrected chi connectivity index (χ2v) is 4.49. The molecule has 0 saturated heterocycles. The second kappa shape index (κ2) is 6.13. The van der Waals surface area contributed by atoms with Crippen LogP contribution in [-0.2, 0) is 0 Å². The van der Waals surface area contributed by atoms with E-state index in [1.165, 1.54) is 6.42 Å². The molecule has 3 heteroatoms. The molecule has 0 aromatic heterocycles. The summed E-state index contributed by atoms with van der Waals surface area (Å²) in [5.41, 5.74) is 7.25. The molecule has 2 N–H and O–H groups in total. The van der Waals surface area contributed by atoms with Gasteiger partial charge in [-0.3, -0.25) is 0 Å². The van der Waals surface area contributed by atoms with Gasteiger partial charge in [0.1, 0.15) is 5.75 Å². The van der Waals surface area contributed by atoms with Crippen molar-refractivity contribution in [2.75, 3.05) is 7.11 Å². The van der Waals surface area contributed by atoms with Crippen LogP contribution in [0.3, 0.4) is 0 Å². The molecule has 0 amide bonds. The Balaban J connectivity index is 2.81. The van der Waals surface area contributed by atoms with Crippen molar-refractivity contribution >= 4 is 15.9 Å². The first-order chi connectivity index (χ1) is 7.19. The minimum absolute atomic E-state index is 0.0921. The summed E-state index contributed by atoms with van der Waals surface area (Å²) in [5.74, 6) is 0.861. The average molecular weight is 272 g/mol. The van der Waals surface area contributed by atoms with Crippen LogP contribution in [0.1, 0.15) is 37.8 Å². The van der Waals surface area contributed by atoms with Crippen LogP contribution >= 0.6 is 15.9 Å². The first kappa shape index (κ1) is 12.5. The van der Waals surface area contributed by atoms with E-state index in [4.69, 9.17) is 10.5 Å².